The first-order valence-corrected chi connectivity index (χ1v) is 9.64. The normalized spacial score (nSPS) is 11.0. The summed E-state index contributed by atoms with van der Waals surface area (Å²) in [6.45, 7) is 2.17. The van der Waals surface area contributed by atoms with Gasteiger partial charge in [-0.05, 0) is 13.0 Å². The molecule has 4 aromatic rings. The van der Waals surface area contributed by atoms with E-state index in [0.29, 0.717) is 40.4 Å². The molecule has 13 heteroatoms. The number of aryl methyl sites for hydroxylation is 1. The van der Waals surface area contributed by atoms with Crippen molar-refractivity contribution in [1.82, 2.24) is 35.2 Å². The largest absolute Gasteiger partial charge is 0.411 e. The van der Waals surface area contributed by atoms with E-state index in [1.165, 1.54) is 23.9 Å². The number of anilines is 1. The van der Waals surface area contributed by atoms with Gasteiger partial charge >= 0.3 is 0 Å². The molecular formula is C17H15N9O3S. The van der Waals surface area contributed by atoms with Gasteiger partial charge in [-0.2, -0.15) is 0 Å². The number of rotatable bonds is 7. The van der Waals surface area contributed by atoms with Crippen LogP contribution in [-0.2, 0) is 12.3 Å². The Morgan fingerprint density at radius 3 is 2.97 bits per heavy atom. The Labute approximate surface area is 173 Å². The highest BCUT2D eigenvalue weighted by atomic mass is 32.2. The number of aromatic nitrogens is 7. The summed E-state index contributed by atoms with van der Waals surface area (Å²) in [5.41, 5.74) is 7.80. The molecule has 0 aliphatic carbocycles. The van der Waals surface area contributed by atoms with Gasteiger partial charge in [0.25, 0.3) is 10.9 Å². The van der Waals surface area contributed by atoms with Gasteiger partial charge in [0.2, 0.25) is 5.89 Å². The maximum atomic E-state index is 10.9. The maximum absolute atomic E-state index is 10.9. The van der Waals surface area contributed by atoms with E-state index in [-0.39, 0.29) is 11.6 Å². The fourth-order valence-corrected chi connectivity index (χ4v) is 3.20. The highest BCUT2D eigenvalue weighted by Crippen LogP contribution is 2.27. The molecule has 0 saturated heterocycles. The van der Waals surface area contributed by atoms with Gasteiger partial charge in [-0.3, -0.25) is 10.1 Å². The topological polar surface area (TPSA) is 165 Å². The second kappa shape index (κ2) is 8.24. The lowest BCUT2D eigenvalue weighted by Crippen LogP contribution is -2.07. The molecule has 12 nitrogen and oxygen atoms in total. The van der Waals surface area contributed by atoms with Crippen LogP contribution in [0.15, 0.2) is 46.3 Å². The predicted molar refractivity (Wildman–Crippen MR) is 106 cm³/mol. The molecule has 1 aromatic carbocycles. The highest BCUT2D eigenvalue weighted by molar-refractivity contribution is 7.98. The fourth-order valence-electron chi connectivity index (χ4n) is 2.56. The molecule has 30 heavy (non-hydrogen) atoms. The van der Waals surface area contributed by atoms with Crippen molar-refractivity contribution in [2.24, 2.45) is 0 Å². The van der Waals surface area contributed by atoms with E-state index in [0.717, 1.165) is 5.56 Å². The third kappa shape index (κ3) is 4.41. The zero-order chi connectivity index (χ0) is 21.1. The van der Waals surface area contributed by atoms with Crippen LogP contribution in [0.3, 0.4) is 0 Å². The van der Waals surface area contributed by atoms with Crippen molar-refractivity contribution < 1.29 is 9.34 Å². The average Bonchev–Trinajstić information content (AvgIpc) is 3.38. The number of hydrogen-bond donors (Lipinski definition) is 1. The van der Waals surface area contributed by atoms with Crippen LogP contribution < -0.4 is 5.73 Å². The van der Waals surface area contributed by atoms with E-state index in [2.05, 4.69) is 30.5 Å². The van der Waals surface area contributed by atoms with Crippen molar-refractivity contribution in [2.45, 2.75) is 24.4 Å². The predicted octanol–water partition coefficient (Wildman–Crippen LogP) is 2.26. The van der Waals surface area contributed by atoms with Crippen molar-refractivity contribution in [1.29, 1.82) is 0 Å². The summed E-state index contributed by atoms with van der Waals surface area (Å²) in [6, 6.07) is 6.01. The Bertz CT molecular complexity index is 1210. The molecule has 0 bridgehead atoms. The molecule has 0 spiro atoms. The lowest BCUT2D eigenvalue weighted by atomic mass is 10.2. The quantitative estimate of drug-likeness (QED) is 0.262. The Morgan fingerprint density at radius 2 is 2.17 bits per heavy atom. The van der Waals surface area contributed by atoms with Crippen LogP contribution in [0.4, 0.5) is 11.5 Å². The Hall–Kier alpha value is -3.87. The van der Waals surface area contributed by atoms with Crippen molar-refractivity contribution in [3.8, 4) is 11.5 Å². The molecule has 0 atom stereocenters. The second-order valence-electron chi connectivity index (χ2n) is 6.20. The fraction of sp³-hybridized carbons (Fsp3) is 0.176. The van der Waals surface area contributed by atoms with Crippen LogP contribution in [0.2, 0.25) is 0 Å². The molecule has 0 aliphatic heterocycles. The van der Waals surface area contributed by atoms with Crippen molar-refractivity contribution in [3.05, 3.63) is 63.9 Å². The third-order valence-corrected chi connectivity index (χ3v) is 4.84. The number of nitrogens with zero attached hydrogens (tertiary/aromatic N) is 8. The first-order valence-electron chi connectivity index (χ1n) is 8.66. The van der Waals surface area contributed by atoms with E-state index in [4.69, 9.17) is 10.2 Å². The molecule has 3 aromatic heterocycles. The van der Waals surface area contributed by atoms with Crippen LogP contribution in [0.5, 0.6) is 0 Å². The summed E-state index contributed by atoms with van der Waals surface area (Å²) in [4.78, 5) is 18.7. The number of benzene rings is 1. The molecule has 152 valence electrons. The SMILES string of the molecule is Cc1ncc(Cn2cc(CSc3nnc(-c4cccc([N+](=O)[O-])c4)o3)nn2)c(N)n1. The second-order valence-corrected chi connectivity index (χ2v) is 7.13. The first kappa shape index (κ1) is 19.4. The smallest absolute Gasteiger partial charge is 0.277 e. The van der Waals surface area contributed by atoms with Gasteiger partial charge in [0, 0.05) is 41.4 Å². The summed E-state index contributed by atoms with van der Waals surface area (Å²) in [7, 11) is 0. The first-order chi connectivity index (χ1) is 14.5. The summed E-state index contributed by atoms with van der Waals surface area (Å²) in [5.74, 6) is 1.68. The lowest BCUT2D eigenvalue weighted by Gasteiger charge is -2.04. The Balaban J connectivity index is 1.39. The van der Waals surface area contributed by atoms with Gasteiger partial charge in [0.1, 0.15) is 11.6 Å². The van der Waals surface area contributed by atoms with E-state index >= 15 is 0 Å². The number of nitrogens with two attached hydrogens (primary N) is 1. The molecule has 0 aliphatic rings. The monoisotopic (exact) mass is 425 g/mol. The number of nitro benzene ring substituents is 1. The molecular weight excluding hydrogens is 410 g/mol. The van der Waals surface area contributed by atoms with Crippen molar-refractivity contribution in [2.75, 3.05) is 5.73 Å². The highest BCUT2D eigenvalue weighted by Gasteiger charge is 2.14. The zero-order valence-electron chi connectivity index (χ0n) is 15.7. The number of non-ortho nitro benzene ring substituents is 1. The van der Waals surface area contributed by atoms with Crippen LogP contribution >= 0.6 is 11.8 Å². The van der Waals surface area contributed by atoms with E-state index in [1.807, 2.05) is 0 Å². The molecule has 3 heterocycles. The lowest BCUT2D eigenvalue weighted by molar-refractivity contribution is -0.384. The molecule has 0 unspecified atom stereocenters. The van der Waals surface area contributed by atoms with Crippen LogP contribution in [0.25, 0.3) is 11.5 Å². The van der Waals surface area contributed by atoms with Gasteiger partial charge in [-0.15, -0.1) is 15.3 Å². The molecule has 0 amide bonds. The number of nitrogen functional groups attached to an aromatic ring is 1. The Morgan fingerprint density at radius 1 is 1.30 bits per heavy atom. The van der Waals surface area contributed by atoms with Gasteiger partial charge < -0.3 is 10.2 Å². The standard InChI is InChI=1S/C17H15N9O3S/c1-10-19-6-12(15(18)20-10)7-25-8-13(21-24-25)9-30-17-23-22-16(29-17)11-3-2-4-14(5-11)26(27)28/h2-6,8H,7,9H2,1H3,(H2,18,19,20). The van der Waals surface area contributed by atoms with Gasteiger partial charge in [0.15, 0.2) is 0 Å². The van der Waals surface area contributed by atoms with E-state index < -0.39 is 4.92 Å². The van der Waals surface area contributed by atoms with Crippen LogP contribution in [0.1, 0.15) is 17.1 Å². The number of thioether (sulfide) groups is 1. The Kier molecular flexibility index (Phi) is 5.34. The minimum Gasteiger partial charge on any atom is -0.411 e. The minimum atomic E-state index is -0.477. The van der Waals surface area contributed by atoms with Crippen LogP contribution in [-0.4, -0.2) is 40.1 Å². The van der Waals surface area contributed by atoms with Gasteiger partial charge in [-0.25, -0.2) is 14.6 Å². The number of nitro groups is 1. The molecule has 0 saturated carbocycles. The van der Waals surface area contributed by atoms with Crippen molar-refractivity contribution >= 4 is 23.3 Å². The maximum Gasteiger partial charge on any atom is 0.277 e. The van der Waals surface area contributed by atoms with E-state index in [1.54, 1.807) is 36.1 Å². The molecule has 0 radical (unpaired) electrons. The van der Waals surface area contributed by atoms with Crippen LogP contribution in [0, 0.1) is 17.0 Å². The summed E-state index contributed by atoms with van der Waals surface area (Å²) in [5, 5.41) is 27.3. The zero-order valence-corrected chi connectivity index (χ0v) is 16.5. The van der Waals surface area contributed by atoms with Gasteiger partial charge in [0.05, 0.1) is 17.2 Å². The van der Waals surface area contributed by atoms with Gasteiger partial charge in [-0.1, -0.05) is 23.0 Å². The molecule has 4 rings (SSSR count). The van der Waals surface area contributed by atoms with E-state index in [9.17, 15) is 10.1 Å². The molecule has 2 N–H and O–H groups in total. The minimum absolute atomic E-state index is 0.0452. The molecule has 0 fully saturated rings. The third-order valence-electron chi connectivity index (χ3n) is 3.99. The summed E-state index contributed by atoms with van der Waals surface area (Å²) in [6.07, 6.45) is 3.45. The average molecular weight is 425 g/mol. The summed E-state index contributed by atoms with van der Waals surface area (Å²) >= 11 is 1.28. The van der Waals surface area contributed by atoms with Crippen molar-refractivity contribution in [3.63, 3.8) is 0 Å². The summed E-state index contributed by atoms with van der Waals surface area (Å²) < 4.78 is 7.23. The number of hydrogen-bond acceptors (Lipinski definition) is 11.